The van der Waals surface area contributed by atoms with Crippen LogP contribution in [0.3, 0.4) is 0 Å². The maximum atomic E-state index is 13.5. The van der Waals surface area contributed by atoms with Gasteiger partial charge >= 0.3 is 0 Å². The zero-order valence-corrected chi connectivity index (χ0v) is 24.1. The third kappa shape index (κ3) is 6.36. The highest BCUT2D eigenvalue weighted by Gasteiger charge is 2.28. The number of aliphatic hydroxyl groups is 1. The summed E-state index contributed by atoms with van der Waals surface area (Å²) in [5.74, 6) is 1.32. The molecule has 1 aliphatic rings. The molecule has 4 aromatic rings. The van der Waals surface area contributed by atoms with E-state index in [1.54, 1.807) is 38.8 Å². The first-order valence-corrected chi connectivity index (χ1v) is 14.1. The van der Waals surface area contributed by atoms with Crippen LogP contribution in [0.15, 0.2) is 65.6 Å². The minimum atomic E-state index is -1.07. The second-order valence-electron chi connectivity index (χ2n) is 11.4. The van der Waals surface area contributed by atoms with Crippen molar-refractivity contribution in [2.45, 2.75) is 70.7 Å². The molecule has 1 fully saturated rings. The van der Waals surface area contributed by atoms with Crippen LogP contribution in [-0.4, -0.2) is 56.6 Å². The van der Waals surface area contributed by atoms with Gasteiger partial charge in [-0.2, -0.15) is 0 Å². The monoisotopic (exact) mass is 558 g/mol. The lowest BCUT2D eigenvalue weighted by Crippen LogP contribution is -2.39. The van der Waals surface area contributed by atoms with E-state index < -0.39 is 5.60 Å². The van der Waals surface area contributed by atoms with Crippen LogP contribution >= 0.6 is 0 Å². The van der Waals surface area contributed by atoms with Crippen molar-refractivity contribution in [1.29, 1.82) is 0 Å². The van der Waals surface area contributed by atoms with Gasteiger partial charge in [-0.15, -0.1) is 0 Å². The van der Waals surface area contributed by atoms with E-state index in [-0.39, 0.29) is 42.1 Å². The Morgan fingerprint density at radius 3 is 2.51 bits per heavy atom. The highest BCUT2D eigenvalue weighted by molar-refractivity contribution is 5.98. The highest BCUT2D eigenvalue weighted by Crippen LogP contribution is 2.30. The molecule has 0 unspecified atom stereocenters. The zero-order valence-electron chi connectivity index (χ0n) is 24.1. The number of rotatable bonds is 10. The number of Topliss-reactive ketones (excluding diaryl/α,β-unsaturated/α-hetero) is 1. The van der Waals surface area contributed by atoms with Crippen molar-refractivity contribution in [2.75, 3.05) is 13.7 Å². The van der Waals surface area contributed by atoms with Crippen LogP contribution in [0.2, 0.25) is 0 Å². The number of ketones is 1. The number of nitrogens with zero attached hydrogens (tertiary/aromatic N) is 3. The fourth-order valence-electron chi connectivity index (χ4n) is 5.57. The van der Waals surface area contributed by atoms with Crippen molar-refractivity contribution >= 4 is 16.7 Å². The van der Waals surface area contributed by atoms with E-state index in [4.69, 9.17) is 9.47 Å². The topological polar surface area (TPSA) is 108 Å². The predicted octanol–water partition coefficient (Wildman–Crippen LogP) is 4.44. The quantitative estimate of drug-likeness (QED) is 0.277. The second kappa shape index (κ2) is 11.9. The van der Waals surface area contributed by atoms with Gasteiger partial charge in [0, 0.05) is 29.4 Å². The predicted molar refractivity (Wildman–Crippen MR) is 158 cm³/mol. The second-order valence-corrected chi connectivity index (χ2v) is 11.4. The fraction of sp³-hybridized carbons (Fsp3) is 0.406. The third-order valence-electron chi connectivity index (χ3n) is 7.64. The first-order valence-electron chi connectivity index (χ1n) is 14.1. The van der Waals surface area contributed by atoms with Crippen LogP contribution in [0, 0.1) is 6.92 Å². The van der Waals surface area contributed by atoms with Gasteiger partial charge in [0.15, 0.2) is 5.78 Å². The average molecular weight is 559 g/mol. The number of aromatic nitrogens is 3. The highest BCUT2D eigenvalue weighted by atomic mass is 16.5. The summed E-state index contributed by atoms with van der Waals surface area (Å²) in [6.07, 6.45) is 5.26. The Morgan fingerprint density at radius 2 is 1.83 bits per heavy atom. The third-order valence-corrected chi connectivity index (χ3v) is 7.64. The Morgan fingerprint density at radius 1 is 1.10 bits per heavy atom. The van der Waals surface area contributed by atoms with Crippen LogP contribution in [-0.2, 0) is 6.54 Å². The number of nitrogens with one attached hydrogen (secondary N) is 1. The SMILES string of the molecule is COc1ccc2c(OC3CCC(NCC(=O)c4c(C)n(CC(C)(C)O)n(-c5ccccc5)c4=O)CC3)ccnc2c1. The van der Waals surface area contributed by atoms with Crippen molar-refractivity contribution in [2.24, 2.45) is 0 Å². The van der Waals surface area contributed by atoms with Crippen LogP contribution < -0.4 is 20.3 Å². The van der Waals surface area contributed by atoms with Gasteiger partial charge in [0.25, 0.3) is 5.56 Å². The van der Waals surface area contributed by atoms with E-state index in [1.807, 2.05) is 54.6 Å². The van der Waals surface area contributed by atoms with Gasteiger partial charge < -0.3 is 19.9 Å². The summed E-state index contributed by atoms with van der Waals surface area (Å²) in [7, 11) is 1.64. The van der Waals surface area contributed by atoms with Gasteiger partial charge in [0.1, 0.15) is 17.1 Å². The Kier molecular flexibility index (Phi) is 8.28. The van der Waals surface area contributed by atoms with Crippen molar-refractivity contribution in [3.05, 3.63) is 82.4 Å². The molecular formula is C32H38N4O5. The maximum Gasteiger partial charge on any atom is 0.282 e. The van der Waals surface area contributed by atoms with E-state index in [9.17, 15) is 14.7 Å². The van der Waals surface area contributed by atoms with Crippen molar-refractivity contribution < 1.29 is 19.4 Å². The molecule has 216 valence electrons. The summed E-state index contributed by atoms with van der Waals surface area (Å²) < 4.78 is 14.9. The number of benzene rings is 2. The molecule has 1 saturated carbocycles. The summed E-state index contributed by atoms with van der Waals surface area (Å²) >= 11 is 0. The molecule has 1 aliphatic carbocycles. The first-order chi connectivity index (χ1) is 19.6. The lowest BCUT2D eigenvalue weighted by atomic mass is 9.92. The van der Waals surface area contributed by atoms with Crippen LogP contribution in [0.1, 0.15) is 55.6 Å². The van der Waals surface area contributed by atoms with Gasteiger partial charge in [-0.3, -0.25) is 19.3 Å². The number of fused-ring (bicyclic) bond motifs is 1. The Bertz CT molecular complexity index is 1580. The lowest BCUT2D eigenvalue weighted by Gasteiger charge is -2.29. The number of pyridine rings is 1. The van der Waals surface area contributed by atoms with Crippen molar-refractivity contribution in [3.8, 4) is 17.2 Å². The molecule has 2 aromatic carbocycles. The van der Waals surface area contributed by atoms with Crippen molar-refractivity contribution in [1.82, 2.24) is 19.7 Å². The number of para-hydroxylation sites is 1. The normalized spacial score (nSPS) is 17.5. The first kappa shape index (κ1) is 28.6. The molecular weight excluding hydrogens is 520 g/mol. The molecule has 2 aromatic heterocycles. The van der Waals surface area contributed by atoms with E-state index in [2.05, 4.69) is 10.3 Å². The fourth-order valence-corrected chi connectivity index (χ4v) is 5.57. The summed E-state index contributed by atoms with van der Waals surface area (Å²) in [6.45, 7) is 5.38. The lowest BCUT2D eigenvalue weighted by molar-refractivity contribution is 0.0546. The number of ether oxygens (including phenoxy) is 2. The van der Waals surface area contributed by atoms with E-state index >= 15 is 0 Å². The number of carbonyl (C=O) groups excluding carboxylic acids is 1. The van der Waals surface area contributed by atoms with E-state index in [0.29, 0.717) is 11.4 Å². The van der Waals surface area contributed by atoms with Crippen LogP contribution in [0.25, 0.3) is 16.6 Å². The molecule has 0 atom stereocenters. The van der Waals surface area contributed by atoms with Gasteiger partial charge in [0.05, 0.1) is 43.1 Å². The summed E-state index contributed by atoms with van der Waals surface area (Å²) in [5.41, 5.74) is 0.742. The van der Waals surface area contributed by atoms with Gasteiger partial charge in [-0.1, -0.05) is 18.2 Å². The smallest absolute Gasteiger partial charge is 0.282 e. The molecule has 2 heterocycles. The van der Waals surface area contributed by atoms with Gasteiger partial charge in [0.2, 0.25) is 0 Å². The minimum absolute atomic E-state index is 0.0738. The number of hydrogen-bond donors (Lipinski definition) is 2. The zero-order chi connectivity index (χ0) is 29.1. The maximum absolute atomic E-state index is 13.5. The minimum Gasteiger partial charge on any atom is -0.497 e. The number of hydrogen-bond acceptors (Lipinski definition) is 7. The molecule has 9 heteroatoms. The summed E-state index contributed by atoms with van der Waals surface area (Å²) in [4.78, 5) is 31.3. The Labute approximate surface area is 239 Å². The molecule has 2 N–H and O–H groups in total. The average Bonchev–Trinajstić information content (AvgIpc) is 3.20. The molecule has 9 nitrogen and oxygen atoms in total. The van der Waals surface area contributed by atoms with Gasteiger partial charge in [-0.05, 0) is 76.8 Å². The summed E-state index contributed by atoms with van der Waals surface area (Å²) in [5, 5.41) is 14.8. The van der Waals surface area contributed by atoms with Crippen molar-refractivity contribution in [3.63, 3.8) is 0 Å². The van der Waals surface area contributed by atoms with Crippen LogP contribution in [0.5, 0.6) is 11.5 Å². The molecule has 0 radical (unpaired) electrons. The standard InChI is InChI=1S/C32H38N4O5/c1-21-30(31(38)36(23-8-6-5-7-9-23)35(21)20-32(2,3)39)28(37)19-34-22-10-12-24(13-11-22)41-29-16-17-33-27-18-25(40-4)14-15-26(27)29/h5-9,14-18,22,24,34,39H,10-13,19-20H2,1-4H3. The van der Waals surface area contributed by atoms with Crippen LogP contribution in [0.4, 0.5) is 0 Å². The number of methoxy groups -OCH3 is 1. The van der Waals surface area contributed by atoms with E-state index in [1.165, 1.54) is 4.68 Å². The Balaban J connectivity index is 1.23. The summed E-state index contributed by atoms with van der Waals surface area (Å²) in [6, 6.07) is 17.0. The molecule has 41 heavy (non-hydrogen) atoms. The van der Waals surface area contributed by atoms with Gasteiger partial charge in [-0.25, -0.2) is 4.68 Å². The molecule has 5 rings (SSSR count). The number of carbonyl (C=O) groups is 1. The molecule has 0 spiro atoms. The van der Waals surface area contributed by atoms with E-state index in [0.717, 1.165) is 48.1 Å². The molecule has 0 amide bonds. The molecule has 0 saturated heterocycles. The molecule has 0 bridgehead atoms. The Hall–Kier alpha value is -3.95. The largest absolute Gasteiger partial charge is 0.497 e. The molecule has 0 aliphatic heterocycles.